The molecule has 3 heterocycles. The van der Waals surface area contributed by atoms with Crippen LogP contribution in [0.3, 0.4) is 0 Å². The minimum Gasteiger partial charge on any atom is -0.490 e. The normalized spacial score (nSPS) is 17.0. The highest BCUT2D eigenvalue weighted by Gasteiger charge is 2.54. The molecule has 1 spiro atoms. The third-order valence-electron chi connectivity index (χ3n) is 7.98. The van der Waals surface area contributed by atoms with Gasteiger partial charge in [-0.25, -0.2) is 18.2 Å². The van der Waals surface area contributed by atoms with E-state index in [1.807, 2.05) is 17.0 Å². The van der Waals surface area contributed by atoms with Gasteiger partial charge < -0.3 is 24.6 Å². The van der Waals surface area contributed by atoms with E-state index in [-0.39, 0.29) is 41.1 Å². The van der Waals surface area contributed by atoms with Gasteiger partial charge >= 0.3 is 0 Å². The summed E-state index contributed by atoms with van der Waals surface area (Å²) >= 11 is 0. The van der Waals surface area contributed by atoms with Crippen molar-refractivity contribution in [2.24, 2.45) is 5.41 Å². The molecule has 1 aromatic heterocycles. The summed E-state index contributed by atoms with van der Waals surface area (Å²) in [6.45, 7) is 5.58. The van der Waals surface area contributed by atoms with Crippen LogP contribution in [-0.2, 0) is 13.1 Å². The summed E-state index contributed by atoms with van der Waals surface area (Å²) in [7, 11) is 0. The van der Waals surface area contributed by atoms with E-state index in [4.69, 9.17) is 9.47 Å². The quantitative estimate of drug-likeness (QED) is 0.365. The Kier molecular flexibility index (Phi) is 8.47. The number of ether oxygens (including phenoxy) is 2. The molecule has 0 radical (unpaired) electrons. The number of halogens is 4. The molecule has 3 aliphatic rings. The number of benzene rings is 2. The van der Waals surface area contributed by atoms with E-state index in [0.717, 1.165) is 61.8 Å². The summed E-state index contributed by atoms with van der Waals surface area (Å²) in [5.41, 5.74) is 2.44. The monoisotopic (exact) mass is 604 g/mol. The number of carbonyl (C=O) groups excluding carboxylic acids is 1. The van der Waals surface area contributed by atoms with Crippen LogP contribution in [0, 0.1) is 11.2 Å². The van der Waals surface area contributed by atoms with E-state index < -0.39 is 30.7 Å². The zero-order valence-corrected chi connectivity index (χ0v) is 24.0. The van der Waals surface area contributed by atoms with Crippen LogP contribution < -0.4 is 19.7 Å². The Labute approximate surface area is 247 Å². The van der Waals surface area contributed by atoms with Gasteiger partial charge in [-0.1, -0.05) is 12.1 Å². The van der Waals surface area contributed by atoms with E-state index >= 15 is 0 Å². The van der Waals surface area contributed by atoms with Crippen LogP contribution in [0.15, 0.2) is 42.7 Å². The molecular formula is C29H32ClF3N6O3. The van der Waals surface area contributed by atoms with Crippen molar-refractivity contribution in [1.82, 2.24) is 25.4 Å². The fourth-order valence-corrected chi connectivity index (χ4v) is 5.99. The van der Waals surface area contributed by atoms with Crippen LogP contribution >= 0.6 is 12.4 Å². The molecule has 9 nitrogen and oxygen atoms in total. The van der Waals surface area contributed by atoms with Gasteiger partial charge in [0, 0.05) is 43.2 Å². The molecule has 1 saturated heterocycles. The van der Waals surface area contributed by atoms with E-state index in [1.165, 1.54) is 23.5 Å². The first-order chi connectivity index (χ1) is 19.7. The van der Waals surface area contributed by atoms with E-state index in [1.54, 1.807) is 13.8 Å². The molecule has 1 N–H and O–H groups in total. The maximum atomic E-state index is 14.2. The molecule has 2 aliphatic heterocycles. The second-order valence-electron chi connectivity index (χ2n) is 11.3. The van der Waals surface area contributed by atoms with Gasteiger partial charge in [0.2, 0.25) is 0 Å². The summed E-state index contributed by atoms with van der Waals surface area (Å²) in [4.78, 5) is 20.6. The van der Waals surface area contributed by atoms with Crippen molar-refractivity contribution >= 4 is 24.1 Å². The number of aromatic nitrogens is 3. The topological polar surface area (TPSA) is 92.7 Å². The largest absolute Gasteiger partial charge is 0.490 e. The standard InChI is InChI=1S/C29H31F3N6O3.ClH/c1-17(2)38(13-25(31)32)28(39)21-8-19(30)6-7-24(21)41-27-26(34-16-35-36-27)37-14-29(15-37)9-20(10-29)40-23-5-3-4-18-11-33-12-22(18)23;/h3-8,16-17,20,25,33H,9-15H2,1-2H3;1H. The van der Waals surface area contributed by atoms with Crippen molar-refractivity contribution in [2.45, 2.75) is 58.3 Å². The highest BCUT2D eigenvalue weighted by atomic mass is 35.5. The Morgan fingerprint density at radius 2 is 1.95 bits per heavy atom. The first kappa shape index (κ1) is 29.8. The molecule has 224 valence electrons. The zero-order chi connectivity index (χ0) is 28.7. The first-order valence-electron chi connectivity index (χ1n) is 13.7. The maximum absolute atomic E-state index is 14.2. The molecule has 2 fully saturated rings. The van der Waals surface area contributed by atoms with Gasteiger partial charge in [0.25, 0.3) is 18.2 Å². The molecule has 2 aromatic carbocycles. The van der Waals surface area contributed by atoms with Crippen LogP contribution in [0.25, 0.3) is 0 Å². The fourth-order valence-electron chi connectivity index (χ4n) is 5.99. The lowest BCUT2D eigenvalue weighted by Gasteiger charge is -2.58. The molecule has 0 atom stereocenters. The van der Waals surface area contributed by atoms with Crippen LogP contribution in [0.2, 0.25) is 0 Å². The number of alkyl halides is 2. The van der Waals surface area contributed by atoms with Crippen LogP contribution in [0.4, 0.5) is 19.0 Å². The summed E-state index contributed by atoms with van der Waals surface area (Å²) in [6, 6.07) is 9.04. The molecule has 1 saturated carbocycles. The summed E-state index contributed by atoms with van der Waals surface area (Å²) in [5, 5.41) is 11.3. The van der Waals surface area contributed by atoms with Gasteiger partial charge in [0.15, 0.2) is 5.82 Å². The molecular weight excluding hydrogens is 573 g/mol. The smallest absolute Gasteiger partial charge is 0.282 e. The van der Waals surface area contributed by atoms with Crippen molar-refractivity contribution in [2.75, 3.05) is 24.5 Å². The maximum Gasteiger partial charge on any atom is 0.282 e. The van der Waals surface area contributed by atoms with Crippen molar-refractivity contribution in [3.63, 3.8) is 0 Å². The lowest BCUT2D eigenvalue weighted by Crippen LogP contribution is -2.65. The van der Waals surface area contributed by atoms with Crippen LogP contribution in [0.1, 0.15) is 48.2 Å². The van der Waals surface area contributed by atoms with Gasteiger partial charge in [-0.2, -0.15) is 0 Å². The van der Waals surface area contributed by atoms with Gasteiger partial charge in [-0.05, 0) is 56.5 Å². The first-order valence-corrected chi connectivity index (χ1v) is 13.7. The second-order valence-corrected chi connectivity index (χ2v) is 11.3. The van der Waals surface area contributed by atoms with E-state index in [9.17, 15) is 18.0 Å². The Morgan fingerprint density at radius 1 is 1.17 bits per heavy atom. The lowest BCUT2D eigenvalue weighted by molar-refractivity contribution is -0.0348. The fraction of sp³-hybridized carbons (Fsp3) is 0.448. The molecule has 0 unspecified atom stereocenters. The van der Waals surface area contributed by atoms with Gasteiger partial charge in [0.1, 0.15) is 29.7 Å². The highest BCUT2D eigenvalue weighted by Crippen LogP contribution is 2.52. The molecule has 1 amide bonds. The number of rotatable bonds is 9. The number of carbonyl (C=O) groups is 1. The van der Waals surface area contributed by atoms with E-state index in [2.05, 4.69) is 26.6 Å². The average Bonchev–Trinajstić information content (AvgIpc) is 3.39. The third-order valence-corrected chi connectivity index (χ3v) is 7.98. The van der Waals surface area contributed by atoms with Crippen molar-refractivity contribution in [3.8, 4) is 17.4 Å². The molecule has 1 aliphatic carbocycles. The SMILES string of the molecule is CC(C)N(CC(F)F)C(=O)c1cc(F)ccc1Oc1nncnc1N1CC2(CC(Oc3cccc4c3CNC4)C2)C1.Cl. The lowest BCUT2D eigenvalue weighted by atomic mass is 9.61. The minimum atomic E-state index is -2.74. The highest BCUT2D eigenvalue weighted by molar-refractivity contribution is 5.97. The summed E-state index contributed by atoms with van der Waals surface area (Å²) < 4.78 is 52.8. The number of nitrogens with zero attached hydrogens (tertiary/aromatic N) is 5. The van der Waals surface area contributed by atoms with E-state index in [0.29, 0.717) is 5.82 Å². The van der Waals surface area contributed by atoms with Gasteiger partial charge in [-0.3, -0.25) is 4.79 Å². The Morgan fingerprint density at radius 3 is 2.69 bits per heavy atom. The number of nitrogens with one attached hydrogen (secondary N) is 1. The third kappa shape index (κ3) is 5.82. The van der Waals surface area contributed by atoms with Gasteiger partial charge in [-0.15, -0.1) is 22.6 Å². The van der Waals surface area contributed by atoms with Crippen molar-refractivity contribution in [3.05, 3.63) is 65.2 Å². The number of amides is 1. The minimum absolute atomic E-state index is 0. The number of hydrogen-bond donors (Lipinski definition) is 1. The Balaban J connectivity index is 0.00000353. The molecule has 6 rings (SSSR count). The molecule has 3 aromatic rings. The summed E-state index contributed by atoms with van der Waals surface area (Å²) in [5.74, 6) is -0.0329. The van der Waals surface area contributed by atoms with Crippen LogP contribution in [-0.4, -0.2) is 64.2 Å². The Hall–Kier alpha value is -3.64. The number of hydrogen-bond acceptors (Lipinski definition) is 8. The molecule has 13 heteroatoms. The molecule has 42 heavy (non-hydrogen) atoms. The average molecular weight is 605 g/mol. The molecule has 0 bridgehead atoms. The number of fused-ring (bicyclic) bond motifs is 1. The van der Waals surface area contributed by atoms with Crippen molar-refractivity contribution in [1.29, 1.82) is 0 Å². The van der Waals surface area contributed by atoms with Crippen molar-refractivity contribution < 1.29 is 27.4 Å². The van der Waals surface area contributed by atoms with Gasteiger partial charge in [0.05, 0.1) is 12.1 Å². The second kappa shape index (κ2) is 11.9. The number of anilines is 1. The predicted molar refractivity (Wildman–Crippen MR) is 151 cm³/mol. The zero-order valence-electron chi connectivity index (χ0n) is 23.2. The summed E-state index contributed by atoms with van der Waals surface area (Å²) in [6.07, 6.45) is 0.551. The van der Waals surface area contributed by atoms with Crippen LogP contribution in [0.5, 0.6) is 17.4 Å². The predicted octanol–water partition coefficient (Wildman–Crippen LogP) is 4.99. The Bertz CT molecular complexity index is 1450.